The molecule has 0 fully saturated rings. The van der Waals surface area contributed by atoms with E-state index < -0.39 is 35.7 Å². The van der Waals surface area contributed by atoms with Gasteiger partial charge < -0.3 is 20.1 Å². The molecule has 0 bridgehead atoms. The average molecular weight is 427 g/mol. The molecule has 0 aromatic heterocycles. The minimum Gasteiger partial charge on any atom is -0.459 e. The van der Waals surface area contributed by atoms with Gasteiger partial charge in [0, 0.05) is 6.42 Å². The lowest BCUT2D eigenvalue weighted by atomic mass is 10.1. The molecule has 7 heteroatoms. The Morgan fingerprint density at radius 1 is 0.839 bits per heavy atom. The predicted molar refractivity (Wildman–Crippen MR) is 117 cm³/mol. The molecule has 0 spiro atoms. The average Bonchev–Trinajstić information content (AvgIpc) is 2.71. The fourth-order valence-corrected chi connectivity index (χ4v) is 2.73. The van der Waals surface area contributed by atoms with Crippen LogP contribution in [-0.4, -0.2) is 35.7 Å². The highest BCUT2D eigenvalue weighted by Gasteiger charge is 2.28. The van der Waals surface area contributed by atoms with Crippen molar-refractivity contribution in [1.29, 1.82) is 0 Å². The first kappa shape index (κ1) is 23.9. The fourth-order valence-electron chi connectivity index (χ4n) is 2.73. The predicted octanol–water partition coefficient (Wildman–Crippen LogP) is 3.37. The van der Waals surface area contributed by atoms with Crippen LogP contribution >= 0.6 is 0 Å². The molecule has 31 heavy (non-hydrogen) atoms. The Hall–Kier alpha value is -3.35. The second-order valence-electron chi connectivity index (χ2n) is 8.21. The van der Waals surface area contributed by atoms with Crippen LogP contribution in [0.2, 0.25) is 0 Å². The van der Waals surface area contributed by atoms with Gasteiger partial charge in [-0.25, -0.2) is 14.4 Å². The maximum absolute atomic E-state index is 12.6. The van der Waals surface area contributed by atoms with Crippen molar-refractivity contribution < 1.29 is 23.9 Å². The van der Waals surface area contributed by atoms with E-state index in [0.29, 0.717) is 0 Å². The molecule has 2 aromatic rings. The minimum absolute atomic E-state index is 0.113. The summed E-state index contributed by atoms with van der Waals surface area (Å²) in [5, 5.41) is 5.13. The highest BCUT2D eigenvalue weighted by Crippen LogP contribution is 2.11. The summed E-state index contributed by atoms with van der Waals surface area (Å²) in [5.41, 5.74) is 1.02. The highest BCUT2D eigenvalue weighted by molar-refractivity contribution is 5.87. The first-order valence-corrected chi connectivity index (χ1v) is 10.2. The number of esters is 2. The number of nitrogens with one attached hydrogen (secondary N) is 2. The Bertz CT molecular complexity index is 863. The monoisotopic (exact) mass is 426 g/mol. The second-order valence-corrected chi connectivity index (χ2v) is 8.21. The molecule has 7 nitrogen and oxygen atoms in total. The summed E-state index contributed by atoms with van der Waals surface area (Å²) in [6.45, 7) is 6.91. The summed E-state index contributed by atoms with van der Waals surface area (Å²) < 4.78 is 10.7. The standard InChI is InChI=1S/C24H30N2O5/c1-17(21(27)30-16-19-13-9-6-10-14-19)25-23(29)26-20(22(28)31-24(2,3)4)15-18-11-7-5-8-12-18/h5-14,17,20H,15-16H2,1-4H3,(H2,25,26,29)/t17-,20-/m0/s1. The quantitative estimate of drug-likeness (QED) is 0.631. The number of carbonyl (C=O) groups excluding carboxylic acids is 3. The van der Waals surface area contributed by atoms with Crippen LogP contribution in [0.5, 0.6) is 0 Å². The van der Waals surface area contributed by atoms with Crippen molar-refractivity contribution in [3.63, 3.8) is 0 Å². The maximum Gasteiger partial charge on any atom is 0.329 e. The van der Waals surface area contributed by atoms with Crippen LogP contribution in [0.25, 0.3) is 0 Å². The van der Waals surface area contributed by atoms with E-state index in [1.54, 1.807) is 20.8 Å². The van der Waals surface area contributed by atoms with Gasteiger partial charge in [-0.1, -0.05) is 60.7 Å². The van der Waals surface area contributed by atoms with Crippen LogP contribution in [0.15, 0.2) is 60.7 Å². The number of hydrogen-bond acceptors (Lipinski definition) is 5. The van der Waals surface area contributed by atoms with Crippen LogP contribution in [-0.2, 0) is 32.1 Å². The summed E-state index contributed by atoms with van der Waals surface area (Å²) in [7, 11) is 0. The number of ether oxygens (including phenoxy) is 2. The topological polar surface area (TPSA) is 93.7 Å². The van der Waals surface area contributed by atoms with Crippen molar-refractivity contribution in [2.24, 2.45) is 0 Å². The zero-order valence-corrected chi connectivity index (χ0v) is 18.4. The molecule has 2 rings (SSSR count). The van der Waals surface area contributed by atoms with E-state index in [-0.39, 0.29) is 13.0 Å². The Kier molecular flexibility index (Phi) is 8.61. The first-order valence-electron chi connectivity index (χ1n) is 10.2. The van der Waals surface area contributed by atoms with E-state index in [4.69, 9.17) is 9.47 Å². The lowest BCUT2D eigenvalue weighted by Crippen LogP contribution is -2.52. The van der Waals surface area contributed by atoms with Gasteiger partial charge in [-0.3, -0.25) is 0 Å². The highest BCUT2D eigenvalue weighted by atomic mass is 16.6. The van der Waals surface area contributed by atoms with Gasteiger partial charge >= 0.3 is 18.0 Å². The zero-order valence-electron chi connectivity index (χ0n) is 18.4. The maximum atomic E-state index is 12.6. The lowest BCUT2D eigenvalue weighted by Gasteiger charge is -2.25. The molecule has 166 valence electrons. The van der Waals surface area contributed by atoms with Crippen molar-refractivity contribution >= 4 is 18.0 Å². The summed E-state index contributed by atoms with van der Waals surface area (Å²) >= 11 is 0. The third kappa shape index (κ3) is 8.90. The third-order valence-corrected chi connectivity index (χ3v) is 4.20. The molecular formula is C24H30N2O5. The number of amides is 2. The zero-order chi connectivity index (χ0) is 22.9. The summed E-state index contributed by atoms with van der Waals surface area (Å²) in [6.07, 6.45) is 0.260. The Morgan fingerprint density at radius 2 is 1.39 bits per heavy atom. The van der Waals surface area contributed by atoms with Crippen molar-refractivity contribution in [3.8, 4) is 0 Å². The van der Waals surface area contributed by atoms with Gasteiger partial charge in [0.25, 0.3) is 0 Å². The molecule has 2 amide bonds. The van der Waals surface area contributed by atoms with Crippen molar-refractivity contribution in [2.75, 3.05) is 0 Å². The van der Waals surface area contributed by atoms with Crippen LogP contribution in [0.1, 0.15) is 38.8 Å². The van der Waals surface area contributed by atoms with Crippen LogP contribution in [0.4, 0.5) is 4.79 Å². The van der Waals surface area contributed by atoms with E-state index in [1.165, 1.54) is 6.92 Å². The molecule has 0 radical (unpaired) electrons. The largest absolute Gasteiger partial charge is 0.459 e. The normalized spacial score (nSPS) is 12.9. The summed E-state index contributed by atoms with van der Waals surface area (Å²) in [4.78, 5) is 37.3. The second kappa shape index (κ2) is 11.2. The van der Waals surface area contributed by atoms with Gasteiger partial charge in [-0.2, -0.15) is 0 Å². The van der Waals surface area contributed by atoms with E-state index in [1.807, 2.05) is 60.7 Å². The van der Waals surface area contributed by atoms with Gasteiger partial charge in [0.15, 0.2) is 0 Å². The molecule has 0 saturated carbocycles. The van der Waals surface area contributed by atoms with Gasteiger partial charge in [0.05, 0.1) is 0 Å². The Balaban J connectivity index is 1.94. The van der Waals surface area contributed by atoms with Gasteiger partial charge in [-0.05, 0) is 38.8 Å². The van der Waals surface area contributed by atoms with E-state index >= 15 is 0 Å². The molecule has 2 atom stereocenters. The SMILES string of the molecule is C[C@H](NC(=O)N[C@@H](Cc1ccccc1)C(=O)OC(C)(C)C)C(=O)OCc1ccccc1. The van der Waals surface area contributed by atoms with Crippen LogP contribution in [0, 0.1) is 0 Å². The number of hydrogen-bond donors (Lipinski definition) is 2. The molecular weight excluding hydrogens is 396 g/mol. The number of benzene rings is 2. The smallest absolute Gasteiger partial charge is 0.329 e. The van der Waals surface area contributed by atoms with E-state index in [9.17, 15) is 14.4 Å². The molecule has 0 aliphatic carbocycles. The van der Waals surface area contributed by atoms with E-state index in [2.05, 4.69) is 10.6 Å². The fraction of sp³-hybridized carbons (Fsp3) is 0.375. The van der Waals surface area contributed by atoms with E-state index in [0.717, 1.165) is 11.1 Å². The van der Waals surface area contributed by atoms with Crippen LogP contribution < -0.4 is 10.6 Å². The van der Waals surface area contributed by atoms with Gasteiger partial charge in [-0.15, -0.1) is 0 Å². The molecule has 2 aromatic carbocycles. The number of carbonyl (C=O) groups is 3. The van der Waals surface area contributed by atoms with Crippen molar-refractivity contribution in [2.45, 2.75) is 58.4 Å². The molecule has 0 saturated heterocycles. The van der Waals surface area contributed by atoms with Gasteiger partial charge in [0.1, 0.15) is 24.3 Å². The lowest BCUT2D eigenvalue weighted by molar-refractivity contribution is -0.157. The number of urea groups is 1. The first-order chi connectivity index (χ1) is 14.6. The Morgan fingerprint density at radius 3 is 1.94 bits per heavy atom. The van der Waals surface area contributed by atoms with Gasteiger partial charge in [0.2, 0.25) is 0 Å². The molecule has 0 unspecified atom stereocenters. The molecule has 0 aliphatic heterocycles. The van der Waals surface area contributed by atoms with Crippen molar-refractivity contribution in [1.82, 2.24) is 10.6 Å². The molecule has 0 aliphatic rings. The minimum atomic E-state index is -0.908. The molecule has 0 heterocycles. The third-order valence-electron chi connectivity index (χ3n) is 4.20. The summed E-state index contributed by atoms with van der Waals surface area (Å²) in [6, 6.07) is 16.1. The number of rotatable bonds is 8. The Labute approximate surface area is 183 Å². The van der Waals surface area contributed by atoms with Crippen LogP contribution in [0.3, 0.4) is 0 Å². The molecule has 2 N–H and O–H groups in total. The summed E-state index contributed by atoms with van der Waals surface area (Å²) in [5.74, 6) is -1.12. The van der Waals surface area contributed by atoms with Crippen molar-refractivity contribution in [3.05, 3.63) is 71.8 Å².